The number of hydrogen-bond acceptors (Lipinski definition) is 0. The summed E-state index contributed by atoms with van der Waals surface area (Å²) in [7, 11) is 0.00179. The van der Waals surface area contributed by atoms with Crippen LogP contribution >= 0.6 is 15.8 Å². The summed E-state index contributed by atoms with van der Waals surface area (Å²) in [5.74, 6) is 0. The summed E-state index contributed by atoms with van der Waals surface area (Å²) in [5, 5.41) is 4.95. The van der Waals surface area contributed by atoms with Gasteiger partial charge in [0.2, 0.25) is 0 Å². The molecule has 2 aliphatic heterocycles. The van der Waals surface area contributed by atoms with E-state index in [1.807, 2.05) is 0 Å². The van der Waals surface area contributed by atoms with Gasteiger partial charge in [-0.2, -0.15) is 0 Å². The Morgan fingerprint density at radius 3 is 2.37 bits per heavy atom. The zero-order valence-electron chi connectivity index (χ0n) is 12.1. The Balaban J connectivity index is 1.99. The minimum atomic E-state index is -0.0969. The van der Waals surface area contributed by atoms with Crippen LogP contribution in [0.4, 0.5) is 0 Å². The first-order valence-corrected chi connectivity index (χ1v) is 10.5. The van der Waals surface area contributed by atoms with Crippen LogP contribution in [0.15, 0.2) is 36.2 Å². The fourth-order valence-corrected chi connectivity index (χ4v) is 9.84. The predicted octanol–water partition coefficient (Wildman–Crippen LogP) is 4.78. The van der Waals surface area contributed by atoms with Crippen molar-refractivity contribution in [3.05, 3.63) is 36.2 Å². The molecule has 0 aliphatic carbocycles. The second kappa shape index (κ2) is 5.67. The Bertz CT molecular complexity index is 480. The van der Waals surface area contributed by atoms with Gasteiger partial charge in [-0.15, -0.1) is 0 Å². The molecular formula is C17H24P2. The normalized spacial score (nSPS) is 34.9. The van der Waals surface area contributed by atoms with Crippen molar-refractivity contribution in [2.75, 3.05) is 6.16 Å². The van der Waals surface area contributed by atoms with Gasteiger partial charge in [-0.05, 0) is 67.0 Å². The molecule has 0 radical (unpaired) electrons. The first-order valence-electron chi connectivity index (χ1n) is 7.51. The molecule has 102 valence electrons. The maximum Gasteiger partial charge on any atom is -0.0119 e. The highest BCUT2D eigenvalue weighted by Gasteiger charge is 2.33. The van der Waals surface area contributed by atoms with Crippen LogP contribution < -0.4 is 10.6 Å². The smallest absolute Gasteiger partial charge is 0.0119 e. The quantitative estimate of drug-likeness (QED) is 0.688. The maximum atomic E-state index is 4.39. The lowest BCUT2D eigenvalue weighted by atomic mass is 10.3. The van der Waals surface area contributed by atoms with E-state index in [4.69, 9.17) is 0 Å². The lowest BCUT2D eigenvalue weighted by Gasteiger charge is -2.26. The Morgan fingerprint density at radius 2 is 1.79 bits per heavy atom. The van der Waals surface area contributed by atoms with Crippen LogP contribution in [0.25, 0.3) is 0 Å². The zero-order valence-corrected chi connectivity index (χ0v) is 13.9. The van der Waals surface area contributed by atoms with Crippen LogP contribution in [0, 0.1) is 0 Å². The van der Waals surface area contributed by atoms with Crippen LogP contribution in [0.5, 0.6) is 0 Å². The number of allylic oxidation sites excluding steroid dienone is 1. The highest BCUT2D eigenvalue weighted by atomic mass is 31.1. The van der Waals surface area contributed by atoms with Crippen molar-refractivity contribution in [2.24, 2.45) is 0 Å². The lowest BCUT2D eigenvalue weighted by Crippen LogP contribution is -2.25. The topological polar surface area (TPSA) is 0 Å². The molecule has 2 aliphatic rings. The molecule has 0 aromatic heterocycles. The Morgan fingerprint density at radius 1 is 1.05 bits per heavy atom. The molecule has 0 nitrogen and oxygen atoms in total. The first kappa shape index (κ1) is 13.8. The molecule has 0 bridgehead atoms. The van der Waals surface area contributed by atoms with E-state index in [9.17, 15) is 0 Å². The molecule has 1 aromatic carbocycles. The first-order chi connectivity index (χ1) is 9.18. The van der Waals surface area contributed by atoms with Gasteiger partial charge in [0, 0.05) is 0 Å². The average molecular weight is 290 g/mol. The van der Waals surface area contributed by atoms with Crippen molar-refractivity contribution < 1.29 is 0 Å². The number of benzene rings is 1. The standard InChI is InChI=1S/C17H24P2/c1-13-7-6-12-18(13)16-8-4-5-9-17(16)19-14(2)10-11-15(19)3/h4-5,8-9,13,15H,2,6-7,10-12H2,1,3H3/t13-,15?,18?,19?/m0/s1. The summed E-state index contributed by atoms with van der Waals surface area (Å²) in [4.78, 5) is 0. The highest BCUT2D eigenvalue weighted by Crippen LogP contribution is 2.58. The third-order valence-corrected chi connectivity index (χ3v) is 10.9. The van der Waals surface area contributed by atoms with Crippen LogP contribution in [0.2, 0.25) is 0 Å². The summed E-state index contributed by atoms with van der Waals surface area (Å²) >= 11 is 0. The Hall–Kier alpha value is -0.180. The SMILES string of the molecule is C=C1CCC(C)P1c1ccccc1P1CCC[C@@H]1C. The van der Waals surface area contributed by atoms with E-state index in [0.29, 0.717) is 0 Å². The molecule has 19 heavy (non-hydrogen) atoms. The molecule has 2 fully saturated rings. The Kier molecular flexibility index (Phi) is 4.11. The minimum absolute atomic E-state index is 0.0969. The molecule has 4 atom stereocenters. The largest absolute Gasteiger partial charge is 0.0950 e. The van der Waals surface area contributed by atoms with Gasteiger partial charge in [0.25, 0.3) is 0 Å². The van der Waals surface area contributed by atoms with Crippen LogP contribution in [0.1, 0.15) is 39.5 Å². The van der Waals surface area contributed by atoms with Gasteiger partial charge >= 0.3 is 0 Å². The van der Waals surface area contributed by atoms with Crippen LogP contribution in [0.3, 0.4) is 0 Å². The van der Waals surface area contributed by atoms with Gasteiger partial charge in [0.15, 0.2) is 0 Å². The highest BCUT2D eigenvalue weighted by molar-refractivity contribution is 7.75. The number of rotatable bonds is 2. The molecule has 1 aromatic rings. The molecule has 3 unspecified atom stereocenters. The van der Waals surface area contributed by atoms with Gasteiger partial charge in [-0.1, -0.05) is 52.6 Å². The summed E-state index contributed by atoms with van der Waals surface area (Å²) in [6.45, 7) is 9.29. The van der Waals surface area contributed by atoms with E-state index in [0.717, 1.165) is 11.3 Å². The fraction of sp³-hybridized carbons (Fsp3) is 0.529. The van der Waals surface area contributed by atoms with Gasteiger partial charge in [-0.25, -0.2) is 0 Å². The van der Waals surface area contributed by atoms with Crippen LogP contribution in [-0.2, 0) is 0 Å². The third kappa shape index (κ3) is 2.55. The molecule has 0 spiro atoms. The van der Waals surface area contributed by atoms with Crippen molar-refractivity contribution >= 4 is 26.5 Å². The second-order valence-corrected chi connectivity index (χ2v) is 11.5. The minimum Gasteiger partial charge on any atom is -0.0950 e. The van der Waals surface area contributed by atoms with Crippen molar-refractivity contribution in [2.45, 2.75) is 50.8 Å². The molecule has 2 saturated heterocycles. The third-order valence-electron chi connectivity index (χ3n) is 4.64. The fourth-order valence-electron chi connectivity index (χ4n) is 3.55. The molecule has 0 N–H and O–H groups in total. The van der Waals surface area contributed by atoms with E-state index in [1.165, 1.54) is 37.2 Å². The summed E-state index contributed by atoms with van der Waals surface area (Å²) in [6, 6.07) is 9.35. The monoisotopic (exact) mass is 290 g/mol. The summed E-state index contributed by atoms with van der Waals surface area (Å²) in [5.41, 5.74) is 1.77. The molecule has 0 saturated carbocycles. The predicted molar refractivity (Wildman–Crippen MR) is 90.9 cm³/mol. The van der Waals surface area contributed by atoms with Gasteiger partial charge in [0.1, 0.15) is 0 Å². The molecule has 2 heteroatoms. The molecule has 2 heterocycles. The van der Waals surface area contributed by atoms with Gasteiger partial charge in [-0.3, -0.25) is 0 Å². The Labute approximate surface area is 120 Å². The van der Waals surface area contributed by atoms with E-state index in [1.54, 1.807) is 10.6 Å². The van der Waals surface area contributed by atoms with Crippen molar-refractivity contribution in [1.29, 1.82) is 0 Å². The summed E-state index contributed by atoms with van der Waals surface area (Å²) < 4.78 is 0. The van der Waals surface area contributed by atoms with E-state index in [2.05, 4.69) is 44.7 Å². The van der Waals surface area contributed by atoms with Crippen LogP contribution in [-0.4, -0.2) is 17.5 Å². The molecule has 3 rings (SSSR count). The number of hydrogen-bond donors (Lipinski definition) is 0. The van der Waals surface area contributed by atoms with Gasteiger partial charge < -0.3 is 0 Å². The van der Waals surface area contributed by atoms with Gasteiger partial charge in [0.05, 0.1) is 0 Å². The molecule has 0 amide bonds. The summed E-state index contributed by atoms with van der Waals surface area (Å²) in [6.07, 6.45) is 6.95. The molecular weight excluding hydrogens is 266 g/mol. The lowest BCUT2D eigenvalue weighted by molar-refractivity contribution is 0.836. The van der Waals surface area contributed by atoms with Crippen molar-refractivity contribution in [3.63, 3.8) is 0 Å². The van der Waals surface area contributed by atoms with E-state index in [-0.39, 0.29) is 15.8 Å². The van der Waals surface area contributed by atoms with Crippen molar-refractivity contribution in [1.82, 2.24) is 0 Å². The second-order valence-electron chi connectivity index (χ2n) is 6.00. The zero-order chi connectivity index (χ0) is 13.4. The van der Waals surface area contributed by atoms with E-state index < -0.39 is 0 Å². The maximum absolute atomic E-state index is 4.39. The van der Waals surface area contributed by atoms with E-state index >= 15 is 0 Å². The van der Waals surface area contributed by atoms with Crippen molar-refractivity contribution in [3.8, 4) is 0 Å². The average Bonchev–Trinajstić information content (AvgIpc) is 2.96.